The molecule has 8 nitrogen and oxygen atoms in total. The maximum Gasteiger partial charge on any atom is 0.239 e. The number of aromatic nitrogens is 1. The first-order chi connectivity index (χ1) is 14.9. The van der Waals surface area contributed by atoms with E-state index in [4.69, 9.17) is 0 Å². The zero-order valence-corrected chi connectivity index (χ0v) is 19.2. The summed E-state index contributed by atoms with van der Waals surface area (Å²) in [4.78, 5) is 29.0. The molecule has 2 aliphatic rings. The highest BCUT2D eigenvalue weighted by Crippen LogP contribution is 2.37. The topological polar surface area (TPSA) is 93.4 Å². The van der Waals surface area contributed by atoms with Crippen LogP contribution in [0.4, 0.5) is 5.82 Å². The van der Waals surface area contributed by atoms with Crippen LogP contribution in [0.5, 0.6) is 0 Å². The molecule has 1 aliphatic heterocycles. The molecule has 2 fully saturated rings. The number of rotatable bonds is 8. The van der Waals surface area contributed by atoms with Crippen molar-refractivity contribution in [1.29, 1.82) is 5.26 Å². The number of carbonyl (C=O) groups excluding carboxylic acids is 2. The summed E-state index contributed by atoms with van der Waals surface area (Å²) >= 11 is 0. The van der Waals surface area contributed by atoms with Crippen molar-refractivity contribution in [2.75, 3.05) is 51.1 Å². The van der Waals surface area contributed by atoms with Gasteiger partial charge in [-0.1, -0.05) is 19.8 Å². The number of nitriles is 1. The van der Waals surface area contributed by atoms with Crippen LogP contribution in [0.2, 0.25) is 0 Å². The van der Waals surface area contributed by atoms with Gasteiger partial charge in [0.15, 0.2) is 0 Å². The molecule has 1 aliphatic carbocycles. The monoisotopic (exact) mass is 428 g/mol. The number of carbonyl (C=O) groups is 2. The van der Waals surface area contributed by atoms with Crippen molar-refractivity contribution in [3.63, 3.8) is 0 Å². The van der Waals surface area contributed by atoms with E-state index in [1.165, 1.54) is 12.8 Å². The van der Waals surface area contributed by atoms with Crippen molar-refractivity contribution >= 4 is 17.6 Å². The molecule has 1 saturated heterocycles. The minimum absolute atomic E-state index is 0.0653. The molecule has 1 aromatic heterocycles. The summed E-state index contributed by atoms with van der Waals surface area (Å²) in [5.41, 5.74) is 2.62. The fourth-order valence-corrected chi connectivity index (χ4v) is 4.71. The van der Waals surface area contributed by atoms with Gasteiger partial charge in [0.25, 0.3) is 0 Å². The first kappa shape index (κ1) is 23.3. The lowest BCUT2D eigenvalue weighted by atomic mass is 10.2. The highest BCUT2D eigenvalue weighted by molar-refractivity contribution is 5.93. The van der Waals surface area contributed by atoms with Gasteiger partial charge in [0.05, 0.1) is 18.7 Å². The van der Waals surface area contributed by atoms with E-state index < -0.39 is 0 Å². The van der Waals surface area contributed by atoms with Gasteiger partial charge in [-0.05, 0) is 38.7 Å². The van der Waals surface area contributed by atoms with E-state index in [1.54, 1.807) is 0 Å². The van der Waals surface area contributed by atoms with Crippen LogP contribution < -0.4 is 10.6 Å². The smallest absolute Gasteiger partial charge is 0.239 e. The van der Waals surface area contributed by atoms with Crippen molar-refractivity contribution in [2.45, 2.75) is 58.9 Å². The van der Waals surface area contributed by atoms with E-state index >= 15 is 0 Å². The Labute approximate surface area is 185 Å². The standard InChI is InChI=1S/C23H36N6O2/c1-4-9-25-21(30)15-27-10-12-28(13-11-27)16-22(31)26-23-20(14-24)17(2)18(3)29(23)19-7-5-6-8-19/h19H,4-13,15-16H2,1-3H3,(H,25,30)(H,26,31). The van der Waals surface area contributed by atoms with Crippen LogP contribution in [-0.2, 0) is 9.59 Å². The highest BCUT2D eigenvalue weighted by Gasteiger charge is 2.27. The largest absolute Gasteiger partial charge is 0.355 e. The molecule has 0 unspecified atom stereocenters. The van der Waals surface area contributed by atoms with Gasteiger partial charge in [-0.2, -0.15) is 5.26 Å². The molecule has 31 heavy (non-hydrogen) atoms. The number of anilines is 1. The summed E-state index contributed by atoms with van der Waals surface area (Å²) in [5, 5.41) is 15.7. The van der Waals surface area contributed by atoms with Gasteiger partial charge in [0, 0.05) is 44.5 Å². The van der Waals surface area contributed by atoms with Crippen molar-refractivity contribution in [3.8, 4) is 6.07 Å². The van der Waals surface area contributed by atoms with Gasteiger partial charge < -0.3 is 15.2 Å². The first-order valence-electron chi connectivity index (χ1n) is 11.6. The third-order valence-electron chi connectivity index (χ3n) is 6.59. The van der Waals surface area contributed by atoms with E-state index in [2.05, 4.69) is 31.1 Å². The highest BCUT2D eigenvalue weighted by atomic mass is 16.2. The molecule has 0 atom stereocenters. The fraction of sp³-hybridized carbons (Fsp3) is 0.696. The minimum atomic E-state index is -0.0811. The van der Waals surface area contributed by atoms with Gasteiger partial charge in [0.1, 0.15) is 11.9 Å². The third-order valence-corrected chi connectivity index (χ3v) is 6.59. The Morgan fingerprint density at radius 3 is 2.16 bits per heavy atom. The fourth-order valence-electron chi connectivity index (χ4n) is 4.71. The Bertz CT molecular complexity index is 826. The van der Waals surface area contributed by atoms with Crippen LogP contribution in [0.25, 0.3) is 0 Å². The molecule has 8 heteroatoms. The average Bonchev–Trinajstić information content (AvgIpc) is 3.35. The van der Waals surface area contributed by atoms with Crippen LogP contribution in [0.3, 0.4) is 0 Å². The minimum Gasteiger partial charge on any atom is -0.355 e. The molecule has 3 rings (SSSR count). The SMILES string of the molecule is CCCNC(=O)CN1CCN(CC(=O)Nc2c(C#N)c(C)c(C)n2C2CCCC2)CC1. The quantitative estimate of drug-likeness (QED) is 0.662. The maximum absolute atomic E-state index is 12.9. The molecule has 0 aromatic carbocycles. The Balaban J connectivity index is 1.57. The first-order valence-corrected chi connectivity index (χ1v) is 11.6. The molecule has 2 heterocycles. The second-order valence-electron chi connectivity index (χ2n) is 8.80. The van der Waals surface area contributed by atoms with Gasteiger partial charge in [-0.25, -0.2) is 0 Å². The Hall–Kier alpha value is -2.37. The lowest BCUT2D eigenvalue weighted by Crippen LogP contribution is -2.51. The van der Waals surface area contributed by atoms with Crippen molar-refractivity contribution in [1.82, 2.24) is 19.7 Å². The number of hydrogen-bond donors (Lipinski definition) is 2. The molecule has 1 aromatic rings. The zero-order valence-electron chi connectivity index (χ0n) is 19.2. The number of amides is 2. The number of piperazine rings is 1. The van der Waals surface area contributed by atoms with Crippen LogP contribution in [0, 0.1) is 25.2 Å². The lowest BCUT2D eigenvalue weighted by molar-refractivity contribution is -0.123. The van der Waals surface area contributed by atoms with Crippen molar-refractivity contribution in [3.05, 3.63) is 16.8 Å². The number of nitrogens with zero attached hydrogens (tertiary/aromatic N) is 4. The molecule has 0 bridgehead atoms. The molecule has 2 amide bonds. The second kappa shape index (κ2) is 10.8. The number of nitrogens with one attached hydrogen (secondary N) is 2. The molecule has 170 valence electrons. The van der Waals surface area contributed by atoms with Gasteiger partial charge in [0.2, 0.25) is 11.8 Å². The molecule has 0 radical (unpaired) electrons. The van der Waals surface area contributed by atoms with Crippen molar-refractivity contribution < 1.29 is 9.59 Å². The van der Waals surface area contributed by atoms with Crippen LogP contribution in [0.15, 0.2) is 0 Å². The van der Waals surface area contributed by atoms with Crippen molar-refractivity contribution in [2.24, 2.45) is 0 Å². The Morgan fingerprint density at radius 2 is 1.61 bits per heavy atom. The molecule has 1 saturated carbocycles. The second-order valence-corrected chi connectivity index (χ2v) is 8.80. The summed E-state index contributed by atoms with van der Waals surface area (Å²) in [7, 11) is 0. The maximum atomic E-state index is 12.9. The Morgan fingerprint density at radius 1 is 1.03 bits per heavy atom. The third kappa shape index (κ3) is 5.66. The van der Waals surface area contributed by atoms with Crippen LogP contribution in [-0.4, -0.2) is 72.0 Å². The van der Waals surface area contributed by atoms with Crippen LogP contribution >= 0.6 is 0 Å². The molecule has 2 N–H and O–H groups in total. The Kier molecular flexibility index (Phi) is 8.10. The summed E-state index contributed by atoms with van der Waals surface area (Å²) in [6.45, 7) is 10.5. The normalized spacial score (nSPS) is 18.1. The summed E-state index contributed by atoms with van der Waals surface area (Å²) < 4.78 is 2.19. The summed E-state index contributed by atoms with van der Waals surface area (Å²) in [5.74, 6) is 0.651. The van der Waals surface area contributed by atoms with Gasteiger partial charge in [-0.15, -0.1) is 0 Å². The predicted octanol–water partition coefficient (Wildman–Crippen LogP) is 2.17. The molecule has 0 spiro atoms. The van der Waals surface area contributed by atoms with E-state index in [-0.39, 0.29) is 11.8 Å². The molecular formula is C23H36N6O2. The summed E-state index contributed by atoms with van der Waals surface area (Å²) in [6.07, 6.45) is 5.51. The predicted molar refractivity (Wildman–Crippen MR) is 121 cm³/mol. The van der Waals surface area contributed by atoms with Gasteiger partial charge in [-0.3, -0.25) is 19.4 Å². The van der Waals surface area contributed by atoms with Gasteiger partial charge >= 0.3 is 0 Å². The average molecular weight is 429 g/mol. The van der Waals surface area contributed by atoms with E-state index in [9.17, 15) is 14.9 Å². The van der Waals surface area contributed by atoms with Crippen LogP contribution in [0.1, 0.15) is 61.9 Å². The lowest BCUT2D eigenvalue weighted by Gasteiger charge is -2.33. The van der Waals surface area contributed by atoms with E-state index in [1.807, 2.05) is 20.8 Å². The summed E-state index contributed by atoms with van der Waals surface area (Å²) in [6, 6.07) is 2.66. The number of hydrogen-bond acceptors (Lipinski definition) is 5. The molecular weight excluding hydrogens is 392 g/mol. The van der Waals surface area contributed by atoms with E-state index in [0.717, 1.165) is 56.7 Å². The van der Waals surface area contributed by atoms with E-state index in [0.29, 0.717) is 37.1 Å². The zero-order chi connectivity index (χ0) is 22.4.